The van der Waals surface area contributed by atoms with Crippen LogP contribution in [0.5, 0.6) is 11.5 Å². The maximum absolute atomic E-state index is 13.1. The predicted octanol–water partition coefficient (Wildman–Crippen LogP) is 5.49. The van der Waals surface area contributed by atoms with Crippen LogP contribution in [0.25, 0.3) is 6.08 Å². The Balaban J connectivity index is 1.59. The lowest BCUT2D eigenvalue weighted by atomic mass is 10.1. The Morgan fingerprint density at radius 1 is 1.06 bits per heavy atom. The molecule has 11 heteroatoms. The van der Waals surface area contributed by atoms with Gasteiger partial charge in [0.1, 0.15) is 10.7 Å². The molecule has 0 N–H and O–H groups in total. The summed E-state index contributed by atoms with van der Waals surface area (Å²) in [5, 5.41) is -0.543. The number of thioether (sulfide) groups is 1. The minimum absolute atomic E-state index is 0.00348. The number of benzene rings is 3. The van der Waals surface area contributed by atoms with Crippen molar-refractivity contribution in [1.29, 1.82) is 0 Å². The molecule has 0 aliphatic carbocycles. The maximum atomic E-state index is 13.1. The lowest BCUT2D eigenvalue weighted by Crippen LogP contribution is -2.27. The van der Waals surface area contributed by atoms with Crippen molar-refractivity contribution in [1.82, 2.24) is 4.90 Å². The van der Waals surface area contributed by atoms with Gasteiger partial charge in [0.15, 0.2) is 5.75 Å². The number of ether oxygens (including phenoxy) is 1. The Morgan fingerprint density at radius 3 is 2.40 bits per heavy atom. The maximum Gasteiger partial charge on any atom is 0.339 e. The van der Waals surface area contributed by atoms with Crippen LogP contribution < -0.4 is 8.92 Å². The van der Waals surface area contributed by atoms with E-state index in [1.54, 1.807) is 18.2 Å². The number of methoxy groups -OCH3 is 1. The molecule has 1 aliphatic rings. The molecule has 0 unspecified atom stereocenters. The summed E-state index contributed by atoms with van der Waals surface area (Å²) in [7, 11) is -2.86. The molecule has 0 atom stereocenters. The van der Waals surface area contributed by atoms with Crippen molar-refractivity contribution in [3.63, 3.8) is 0 Å². The highest BCUT2D eigenvalue weighted by Gasteiger charge is 2.35. The lowest BCUT2D eigenvalue weighted by Gasteiger charge is -2.13. The van der Waals surface area contributed by atoms with Gasteiger partial charge in [0.2, 0.25) is 5.75 Å². The van der Waals surface area contributed by atoms with Gasteiger partial charge in [-0.25, -0.2) is 4.39 Å². The van der Waals surface area contributed by atoms with Gasteiger partial charge < -0.3 is 8.92 Å². The largest absolute Gasteiger partial charge is 0.493 e. The summed E-state index contributed by atoms with van der Waals surface area (Å²) in [5.74, 6) is -1.13. The van der Waals surface area contributed by atoms with Gasteiger partial charge in [0.05, 0.1) is 23.6 Å². The van der Waals surface area contributed by atoms with Crippen LogP contribution in [0, 0.1) is 5.82 Å². The van der Waals surface area contributed by atoms with Crippen molar-refractivity contribution < 1.29 is 31.3 Å². The van der Waals surface area contributed by atoms with Crippen molar-refractivity contribution in [3.05, 3.63) is 93.6 Å². The minimum atomic E-state index is -4.17. The monoisotopic (exact) mass is 533 g/mol. The number of carbonyl (C=O) groups is 2. The van der Waals surface area contributed by atoms with Crippen molar-refractivity contribution >= 4 is 50.7 Å². The first-order valence-electron chi connectivity index (χ1n) is 10.0. The number of nitrogens with zero attached hydrogens (tertiary/aromatic N) is 1. The number of hydrogen-bond acceptors (Lipinski definition) is 7. The predicted molar refractivity (Wildman–Crippen MR) is 130 cm³/mol. The molecule has 0 saturated carbocycles. The standard InChI is InChI=1S/C24H17ClFNO6S2/c1-32-20-12-16(11-19(25)22(20)33-35(30,31)18-5-3-2-4-6-18)13-21-23(28)27(24(29)34-21)14-15-7-9-17(26)10-8-15/h2-13H,14H2,1H3/b21-13-. The van der Waals surface area contributed by atoms with Gasteiger partial charge in [-0.15, -0.1) is 0 Å². The van der Waals surface area contributed by atoms with E-state index in [0.29, 0.717) is 11.1 Å². The zero-order valence-electron chi connectivity index (χ0n) is 18.1. The summed E-state index contributed by atoms with van der Waals surface area (Å²) >= 11 is 7.05. The van der Waals surface area contributed by atoms with Crippen LogP contribution in [0.15, 0.2) is 76.5 Å². The van der Waals surface area contributed by atoms with E-state index in [1.165, 1.54) is 61.7 Å². The summed E-state index contributed by atoms with van der Waals surface area (Å²) in [6.07, 6.45) is 1.44. The average Bonchev–Trinajstić information content (AvgIpc) is 3.09. The summed E-state index contributed by atoms with van der Waals surface area (Å²) < 4.78 is 48.8. The molecule has 3 aromatic rings. The molecule has 0 radical (unpaired) electrons. The molecule has 1 heterocycles. The van der Waals surface area contributed by atoms with Gasteiger partial charge in [0.25, 0.3) is 11.1 Å². The molecule has 1 saturated heterocycles. The Labute approximate surface area is 210 Å². The van der Waals surface area contributed by atoms with E-state index in [2.05, 4.69) is 0 Å². The first-order chi connectivity index (χ1) is 16.7. The van der Waals surface area contributed by atoms with Gasteiger partial charge in [-0.3, -0.25) is 14.5 Å². The number of carbonyl (C=O) groups excluding carboxylic acids is 2. The lowest BCUT2D eigenvalue weighted by molar-refractivity contribution is -0.123. The van der Waals surface area contributed by atoms with Gasteiger partial charge in [0, 0.05) is 0 Å². The van der Waals surface area contributed by atoms with E-state index in [1.807, 2.05) is 0 Å². The van der Waals surface area contributed by atoms with E-state index in [-0.39, 0.29) is 32.9 Å². The van der Waals surface area contributed by atoms with E-state index in [4.69, 9.17) is 20.5 Å². The SMILES string of the molecule is COc1cc(/C=C2\SC(=O)N(Cc3ccc(F)cc3)C2=O)cc(Cl)c1OS(=O)(=O)c1ccccc1. The smallest absolute Gasteiger partial charge is 0.339 e. The van der Waals surface area contributed by atoms with Gasteiger partial charge in [-0.1, -0.05) is 41.9 Å². The fraction of sp³-hybridized carbons (Fsp3) is 0.0833. The van der Waals surface area contributed by atoms with Crippen LogP contribution >= 0.6 is 23.4 Å². The molecule has 4 rings (SSSR count). The topological polar surface area (TPSA) is 90.0 Å². The van der Waals surface area contributed by atoms with Gasteiger partial charge in [-0.05, 0) is 65.4 Å². The normalized spacial score (nSPS) is 15.1. The van der Waals surface area contributed by atoms with Crippen molar-refractivity contribution in [2.75, 3.05) is 7.11 Å². The Morgan fingerprint density at radius 2 is 1.74 bits per heavy atom. The van der Waals surface area contributed by atoms with Crippen LogP contribution in [0.4, 0.5) is 9.18 Å². The molecule has 0 bridgehead atoms. The number of rotatable bonds is 7. The third-order valence-electron chi connectivity index (χ3n) is 4.90. The molecule has 35 heavy (non-hydrogen) atoms. The zero-order valence-corrected chi connectivity index (χ0v) is 20.5. The third-order valence-corrected chi connectivity index (χ3v) is 7.33. The van der Waals surface area contributed by atoms with Gasteiger partial charge >= 0.3 is 10.1 Å². The molecule has 0 aromatic heterocycles. The molecule has 2 amide bonds. The molecule has 180 valence electrons. The molecule has 0 spiro atoms. The highest BCUT2D eigenvalue weighted by atomic mass is 35.5. The summed E-state index contributed by atoms with van der Waals surface area (Å²) in [4.78, 5) is 26.4. The minimum Gasteiger partial charge on any atom is -0.493 e. The highest BCUT2D eigenvalue weighted by molar-refractivity contribution is 8.18. The second-order valence-corrected chi connectivity index (χ2v) is 10.2. The Bertz CT molecular complexity index is 1430. The number of hydrogen-bond donors (Lipinski definition) is 0. The van der Waals surface area contributed by atoms with E-state index in [0.717, 1.165) is 16.7 Å². The summed E-state index contributed by atoms with van der Waals surface area (Å²) in [5.41, 5.74) is 0.990. The van der Waals surface area contributed by atoms with Gasteiger partial charge in [-0.2, -0.15) is 8.42 Å². The number of amides is 2. The van der Waals surface area contributed by atoms with E-state index >= 15 is 0 Å². The van der Waals surface area contributed by atoms with Crippen LogP contribution in [0.2, 0.25) is 5.02 Å². The fourth-order valence-electron chi connectivity index (χ4n) is 3.21. The molecular formula is C24H17ClFNO6S2. The van der Waals surface area contributed by atoms with Crippen LogP contribution in [0.1, 0.15) is 11.1 Å². The highest BCUT2D eigenvalue weighted by Crippen LogP contribution is 2.40. The van der Waals surface area contributed by atoms with Crippen molar-refractivity contribution in [2.24, 2.45) is 0 Å². The first kappa shape index (κ1) is 24.8. The Kier molecular flexibility index (Phi) is 7.15. The van der Waals surface area contributed by atoms with E-state index < -0.39 is 27.1 Å². The van der Waals surface area contributed by atoms with Crippen LogP contribution in [-0.2, 0) is 21.5 Å². The molecule has 3 aromatic carbocycles. The number of imide groups is 1. The fourth-order valence-corrected chi connectivity index (χ4v) is 5.33. The van der Waals surface area contributed by atoms with Crippen LogP contribution in [-0.4, -0.2) is 31.6 Å². The second kappa shape index (κ2) is 10.1. The molecule has 1 fully saturated rings. The molecule has 1 aliphatic heterocycles. The quantitative estimate of drug-likeness (QED) is 0.293. The molecular weight excluding hydrogens is 517 g/mol. The number of halogens is 2. The third kappa shape index (κ3) is 5.50. The summed E-state index contributed by atoms with van der Waals surface area (Å²) in [6, 6.07) is 15.9. The second-order valence-electron chi connectivity index (χ2n) is 7.28. The summed E-state index contributed by atoms with van der Waals surface area (Å²) in [6.45, 7) is -0.00348. The van der Waals surface area contributed by atoms with Crippen molar-refractivity contribution in [2.45, 2.75) is 11.4 Å². The van der Waals surface area contributed by atoms with Crippen LogP contribution in [0.3, 0.4) is 0 Å². The molecule has 7 nitrogen and oxygen atoms in total. The average molecular weight is 534 g/mol. The first-order valence-corrected chi connectivity index (χ1v) is 12.6. The Hall–Kier alpha value is -3.34. The zero-order chi connectivity index (χ0) is 25.2. The van der Waals surface area contributed by atoms with Crippen molar-refractivity contribution in [3.8, 4) is 11.5 Å². The van der Waals surface area contributed by atoms with E-state index in [9.17, 15) is 22.4 Å².